The Morgan fingerprint density at radius 3 is 2.23 bits per heavy atom. The topological polar surface area (TPSA) is 155 Å². The van der Waals surface area contributed by atoms with Crippen molar-refractivity contribution in [3.63, 3.8) is 0 Å². The maximum Gasteiger partial charge on any atom is 0.242 e. The first-order valence-corrected chi connectivity index (χ1v) is 19.0. The van der Waals surface area contributed by atoms with Gasteiger partial charge in [-0.25, -0.2) is 8.42 Å². The van der Waals surface area contributed by atoms with Crippen molar-refractivity contribution in [3.05, 3.63) is 42.1 Å². The maximum atomic E-state index is 13.7. The van der Waals surface area contributed by atoms with Crippen LogP contribution in [0.25, 0.3) is 10.9 Å². The summed E-state index contributed by atoms with van der Waals surface area (Å²) in [5.74, 6) is -1.13. The number of nitrogens with one attached hydrogen (secondary N) is 3. The molecule has 0 saturated carbocycles. The van der Waals surface area contributed by atoms with E-state index in [2.05, 4.69) is 20.9 Å². The fourth-order valence-corrected chi connectivity index (χ4v) is 7.05. The number of unbranched alkanes of at least 4 members (excludes halogenated alkanes) is 1. The number of aliphatic hydroxyl groups excluding tert-OH is 1. The van der Waals surface area contributed by atoms with Gasteiger partial charge in [-0.05, 0) is 55.6 Å². The van der Waals surface area contributed by atoms with Crippen molar-refractivity contribution in [1.29, 1.82) is 0 Å². The summed E-state index contributed by atoms with van der Waals surface area (Å²) in [4.78, 5) is 44.4. The molecule has 11 heteroatoms. The zero-order chi connectivity index (χ0) is 35.1. The van der Waals surface area contributed by atoms with Crippen molar-refractivity contribution < 1.29 is 27.9 Å². The van der Waals surface area contributed by atoms with Crippen LogP contribution in [0.4, 0.5) is 0 Å². The molecule has 0 spiro atoms. The number of sulfone groups is 1. The number of nitrogens with zero attached hydrogens (tertiary/aromatic N) is 1. The summed E-state index contributed by atoms with van der Waals surface area (Å²) in [6.07, 6.45) is 3.59. The number of amides is 3. The Morgan fingerprint density at radius 2 is 1.62 bits per heavy atom. The van der Waals surface area contributed by atoms with Crippen LogP contribution in [0, 0.1) is 17.8 Å². The minimum atomic E-state index is -3.62. The van der Waals surface area contributed by atoms with E-state index >= 15 is 0 Å². The van der Waals surface area contributed by atoms with Crippen LogP contribution in [0.2, 0.25) is 0 Å². The Morgan fingerprint density at radius 1 is 0.915 bits per heavy atom. The first-order chi connectivity index (χ1) is 22.2. The van der Waals surface area contributed by atoms with E-state index in [4.69, 9.17) is 0 Å². The maximum absolute atomic E-state index is 13.7. The van der Waals surface area contributed by atoms with Crippen LogP contribution in [-0.2, 0) is 30.6 Å². The van der Waals surface area contributed by atoms with Gasteiger partial charge in [0, 0.05) is 36.2 Å². The molecule has 0 aliphatic rings. The highest BCUT2D eigenvalue weighted by atomic mass is 32.2. The average molecular weight is 675 g/mol. The number of carbonyl (C=O) groups excluding carboxylic acids is 3. The van der Waals surface area contributed by atoms with Gasteiger partial charge in [0.05, 0.1) is 22.9 Å². The van der Waals surface area contributed by atoms with Crippen molar-refractivity contribution in [2.24, 2.45) is 17.8 Å². The zero-order valence-corrected chi connectivity index (χ0v) is 30.2. The van der Waals surface area contributed by atoms with Gasteiger partial charge in [0.1, 0.15) is 6.04 Å². The lowest BCUT2D eigenvalue weighted by Crippen LogP contribution is -2.53. The predicted octanol–water partition coefficient (Wildman–Crippen LogP) is 4.73. The number of para-hydroxylation sites is 1. The number of carbonyl (C=O) groups is 3. The number of aromatic nitrogens is 1. The second-order valence-electron chi connectivity index (χ2n) is 13.5. The molecule has 5 atom stereocenters. The molecule has 1 aromatic heterocycles. The van der Waals surface area contributed by atoms with Crippen molar-refractivity contribution in [1.82, 2.24) is 20.9 Å². The van der Waals surface area contributed by atoms with Gasteiger partial charge >= 0.3 is 0 Å². The number of hydrogen-bond acceptors (Lipinski definition) is 7. The predicted molar refractivity (Wildman–Crippen MR) is 188 cm³/mol. The monoisotopic (exact) mass is 674 g/mol. The summed E-state index contributed by atoms with van der Waals surface area (Å²) in [6.45, 7) is 14.0. The van der Waals surface area contributed by atoms with Crippen LogP contribution in [0.15, 0.2) is 36.5 Å². The number of aliphatic hydroxyl groups is 1. The third-order valence-electron chi connectivity index (χ3n) is 8.58. The van der Waals surface area contributed by atoms with Gasteiger partial charge in [-0.2, -0.15) is 0 Å². The molecule has 0 radical (unpaired) electrons. The van der Waals surface area contributed by atoms with E-state index in [1.807, 2.05) is 71.9 Å². The van der Waals surface area contributed by atoms with Crippen molar-refractivity contribution >= 4 is 38.5 Å². The van der Waals surface area contributed by atoms with Crippen LogP contribution in [0.1, 0.15) is 99.0 Å². The number of hydrogen-bond donors (Lipinski definition) is 4. The number of rotatable bonds is 21. The highest BCUT2D eigenvalue weighted by Gasteiger charge is 2.32. The summed E-state index contributed by atoms with van der Waals surface area (Å²) < 4.78 is 26.4. The fraction of sp³-hybridized carbons (Fsp3) is 0.667. The van der Waals surface area contributed by atoms with E-state index in [1.54, 1.807) is 13.1 Å². The van der Waals surface area contributed by atoms with Crippen LogP contribution >= 0.6 is 0 Å². The first kappa shape index (κ1) is 40.1. The van der Waals surface area contributed by atoms with Crippen molar-refractivity contribution in [2.75, 3.05) is 12.3 Å². The standard InChI is InChI=1S/C36H58N4O6S/c1-8-11-17-30(36(44)40-31(19-24(4)5)32(41)21-26(9-2)35(43)38-23-25(6)7)39-33(42)22-29(47(45,46)10-3)20-28-15-12-14-27-16-13-18-37-34(27)28/h12-16,18,24-26,29-32,41H,8-11,17,19-23H2,1-7H3,(H,38,43)(H,39,42)(H,40,44)/t26?,29?,30-,31-,32-/m0/s1. The van der Waals surface area contributed by atoms with E-state index in [0.29, 0.717) is 43.7 Å². The lowest BCUT2D eigenvalue weighted by molar-refractivity contribution is -0.130. The largest absolute Gasteiger partial charge is 0.391 e. The second-order valence-corrected chi connectivity index (χ2v) is 16.1. The highest BCUT2D eigenvalue weighted by Crippen LogP contribution is 2.22. The Kier molecular flexibility index (Phi) is 16.8. The third kappa shape index (κ3) is 13.2. The molecule has 4 N–H and O–H groups in total. The van der Waals surface area contributed by atoms with Gasteiger partial charge in [-0.1, -0.05) is 85.6 Å². The van der Waals surface area contributed by atoms with Crippen LogP contribution < -0.4 is 16.0 Å². The lowest BCUT2D eigenvalue weighted by atomic mass is 9.90. The second kappa shape index (κ2) is 19.7. The molecule has 10 nitrogen and oxygen atoms in total. The summed E-state index contributed by atoms with van der Waals surface area (Å²) in [5.41, 5.74) is 1.44. The molecular formula is C36H58N4O6S. The molecule has 2 aromatic rings. The van der Waals surface area contributed by atoms with Gasteiger partial charge in [0.15, 0.2) is 9.84 Å². The summed E-state index contributed by atoms with van der Waals surface area (Å²) in [7, 11) is -3.62. The van der Waals surface area contributed by atoms with E-state index in [1.165, 1.54) is 0 Å². The molecule has 1 aromatic carbocycles. The van der Waals surface area contributed by atoms with Gasteiger partial charge in [0.2, 0.25) is 17.7 Å². The van der Waals surface area contributed by atoms with Gasteiger partial charge in [-0.3, -0.25) is 19.4 Å². The van der Waals surface area contributed by atoms with E-state index < -0.39 is 51.0 Å². The molecule has 47 heavy (non-hydrogen) atoms. The van der Waals surface area contributed by atoms with E-state index in [9.17, 15) is 27.9 Å². The number of fused-ring (bicyclic) bond motifs is 1. The van der Waals surface area contributed by atoms with Gasteiger partial charge in [-0.15, -0.1) is 0 Å². The average Bonchev–Trinajstić information content (AvgIpc) is 3.03. The Hall–Kier alpha value is -3.05. The number of pyridine rings is 1. The third-order valence-corrected chi connectivity index (χ3v) is 10.7. The lowest BCUT2D eigenvalue weighted by Gasteiger charge is -2.30. The molecule has 0 aliphatic heterocycles. The zero-order valence-electron chi connectivity index (χ0n) is 29.4. The van der Waals surface area contributed by atoms with E-state index in [0.717, 1.165) is 17.4 Å². The Labute approximate surface area is 282 Å². The van der Waals surface area contributed by atoms with E-state index in [-0.39, 0.29) is 36.8 Å². The van der Waals surface area contributed by atoms with Crippen LogP contribution in [0.5, 0.6) is 0 Å². The van der Waals surface area contributed by atoms with Crippen LogP contribution in [0.3, 0.4) is 0 Å². The smallest absolute Gasteiger partial charge is 0.242 e. The van der Waals surface area contributed by atoms with Crippen molar-refractivity contribution in [3.8, 4) is 0 Å². The summed E-state index contributed by atoms with van der Waals surface area (Å²) in [6, 6.07) is 7.80. The molecule has 3 amide bonds. The Bertz CT molecular complexity index is 1390. The summed E-state index contributed by atoms with van der Waals surface area (Å²) in [5, 5.41) is 19.9. The molecule has 1 heterocycles. The molecule has 2 rings (SSSR count). The normalized spacial score (nSPS) is 15.2. The van der Waals surface area contributed by atoms with Gasteiger partial charge < -0.3 is 21.1 Å². The number of benzene rings is 1. The molecule has 0 aliphatic carbocycles. The Balaban J connectivity index is 2.22. The minimum absolute atomic E-state index is 0.112. The van der Waals surface area contributed by atoms with Gasteiger partial charge in [0.25, 0.3) is 0 Å². The SMILES string of the molecule is CCCC[C@H](NC(=O)CC(Cc1cccc2cccnc12)S(=O)(=O)CC)C(=O)N[C@@H](CC(C)C)[C@@H](O)CC(CC)C(=O)NCC(C)C. The molecular weight excluding hydrogens is 616 g/mol. The fourth-order valence-electron chi connectivity index (χ4n) is 5.74. The molecule has 0 saturated heterocycles. The summed E-state index contributed by atoms with van der Waals surface area (Å²) >= 11 is 0. The quantitative estimate of drug-likeness (QED) is 0.149. The minimum Gasteiger partial charge on any atom is -0.391 e. The highest BCUT2D eigenvalue weighted by molar-refractivity contribution is 7.92. The van der Waals surface area contributed by atoms with Crippen LogP contribution in [-0.4, -0.2) is 72.0 Å². The molecule has 2 unspecified atom stereocenters. The first-order valence-electron chi connectivity index (χ1n) is 17.3. The van der Waals surface area contributed by atoms with Crippen molar-refractivity contribution in [2.45, 2.75) is 123 Å². The molecule has 0 fully saturated rings. The molecule has 264 valence electrons. The molecule has 0 bridgehead atoms.